The fourth-order valence-corrected chi connectivity index (χ4v) is 15.4. The van der Waals surface area contributed by atoms with Crippen LogP contribution in [0.25, 0.3) is 0 Å². The van der Waals surface area contributed by atoms with Crippen LogP contribution in [0.15, 0.2) is 114 Å². The van der Waals surface area contributed by atoms with Crippen LogP contribution in [0.5, 0.6) is 0 Å². The highest BCUT2D eigenvalue weighted by atomic mass is 79.9. The van der Waals surface area contributed by atoms with Crippen LogP contribution < -0.4 is 10.2 Å². The number of piperidine rings is 4. The van der Waals surface area contributed by atoms with Gasteiger partial charge in [-0.25, -0.2) is 9.59 Å². The monoisotopic (exact) mass is 1200 g/mol. The van der Waals surface area contributed by atoms with Crippen LogP contribution in [0.1, 0.15) is 176 Å². The number of likely N-dealkylation sites (tertiary alicyclic amines) is 2. The van der Waals surface area contributed by atoms with Gasteiger partial charge in [0.25, 0.3) is 0 Å². The van der Waals surface area contributed by atoms with E-state index in [1.807, 2.05) is 126 Å². The number of nitrogens with one attached hydrogen (secondary N) is 1. The van der Waals surface area contributed by atoms with E-state index in [0.29, 0.717) is 29.9 Å². The molecule has 4 aromatic rings. The summed E-state index contributed by atoms with van der Waals surface area (Å²) in [4.78, 5) is 57.2. The van der Waals surface area contributed by atoms with Crippen LogP contribution in [0.2, 0.25) is 0 Å². The van der Waals surface area contributed by atoms with Gasteiger partial charge in [0.15, 0.2) is 0 Å². The SMILES string of the molecule is CC(C)(C)OC(=O)c1ccc(Br)cc1.CC(C)(C)OC(=O)c1ccc(N2CCC(CC3CCN(C45CC(C(=O)OCc6ccccc6)(C4)C5)CC3)CC2)cc1.O=C(OCc1ccccc1)C12CC(N3CCC(CC4CCNCC4)CC3)(C1)C2. The summed E-state index contributed by atoms with van der Waals surface area (Å²) in [6.45, 7) is 21.5. The van der Waals surface area contributed by atoms with Gasteiger partial charge in [0, 0.05) is 34.3 Å². The third kappa shape index (κ3) is 15.1. The number of carbonyl (C=O) groups is 4. The fraction of sp³-hybridized carbons (Fsp3) is 0.600. The van der Waals surface area contributed by atoms with Crippen molar-refractivity contribution in [1.29, 1.82) is 0 Å². The third-order valence-electron chi connectivity index (χ3n) is 19.6. The molecule has 10 aliphatic rings. The average Bonchev–Trinajstić information content (AvgIpc) is 1.90. The standard InChI is InChI=1S/C35H46N2O4.C24H34N2O2.C11H13BrO2/c1-33(2,3)41-31(38)29-9-11-30(12-10-29)36-17-13-26(14-18-36)21-27-15-19-37(20-16-27)35-23-34(24-35,25-35)32(39)40-22-28-7-5-4-6-8-28;27-22(28-15-21-4-2-1-3-5-21)23-16-24(17-23,18-23)26-12-8-20(9-13-26)14-19-6-10-25-11-7-19;1-11(2,3)14-10(13)8-4-6-9(12)7-5-8/h4-12,26-27H,13-25H2,1-3H3;1-5,19-20,25H,6-18H2;4-7H,1-3H3. The minimum atomic E-state index is -0.479. The largest absolute Gasteiger partial charge is 0.460 e. The van der Waals surface area contributed by atoms with Crippen molar-refractivity contribution >= 4 is 45.5 Å². The Bertz CT molecular complexity index is 2760. The second kappa shape index (κ2) is 25.9. The van der Waals surface area contributed by atoms with Gasteiger partial charge in [-0.15, -0.1) is 0 Å². The summed E-state index contributed by atoms with van der Waals surface area (Å²) in [5.74, 6) is 3.03. The fourth-order valence-electron chi connectivity index (χ4n) is 15.2. The van der Waals surface area contributed by atoms with Gasteiger partial charge < -0.3 is 29.2 Å². The highest BCUT2D eigenvalue weighted by Crippen LogP contribution is 2.71. The summed E-state index contributed by atoms with van der Waals surface area (Å²) in [6, 6.07) is 35.0. The van der Waals surface area contributed by atoms with E-state index in [1.165, 1.54) is 109 Å². The number of carbonyl (C=O) groups excluding carboxylic acids is 4. The minimum Gasteiger partial charge on any atom is -0.460 e. The molecule has 12 nitrogen and oxygen atoms in total. The Labute approximate surface area is 503 Å². The highest BCUT2D eigenvalue weighted by molar-refractivity contribution is 9.10. The minimum absolute atomic E-state index is 0.0171. The summed E-state index contributed by atoms with van der Waals surface area (Å²) >= 11 is 3.30. The van der Waals surface area contributed by atoms with Crippen LogP contribution in [-0.4, -0.2) is 108 Å². The Kier molecular flexibility index (Phi) is 19.0. The Morgan fingerprint density at radius 1 is 0.482 bits per heavy atom. The van der Waals surface area contributed by atoms with E-state index in [-0.39, 0.29) is 40.2 Å². The molecule has 4 saturated heterocycles. The number of halogens is 1. The van der Waals surface area contributed by atoms with E-state index in [2.05, 4.69) is 48.1 Å². The Morgan fingerprint density at radius 2 is 0.831 bits per heavy atom. The van der Waals surface area contributed by atoms with Gasteiger partial charge >= 0.3 is 23.9 Å². The Hall–Kier alpha value is -5.08. The molecule has 0 radical (unpaired) electrons. The number of nitrogens with zero attached hydrogens (tertiary/aromatic N) is 3. The zero-order chi connectivity index (χ0) is 58.5. The maximum Gasteiger partial charge on any atom is 0.338 e. The third-order valence-corrected chi connectivity index (χ3v) is 20.1. The molecule has 6 aliphatic carbocycles. The van der Waals surface area contributed by atoms with Crippen LogP contribution in [-0.2, 0) is 41.8 Å². The second-order valence-electron chi connectivity index (χ2n) is 28.2. The Balaban J connectivity index is 0.000000157. The molecule has 4 aromatic carbocycles. The molecule has 1 N–H and O–H groups in total. The summed E-state index contributed by atoms with van der Waals surface area (Å²) in [5.41, 5.74) is 3.87. The van der Waals surface area contributed by atoms with Gasteiger partial charge in [0.2, 0.25) is 0 Å². The number of hydrogen-bond donors (Lipinski definition) is 1. The van der Waals surface area contributed by atoms with E-state index >= 15 is 0 Å². The van der Waals surface area contributed by atoms with E-state index in [4.69, 9.17) is 18.9 Å². The number of hydrogen-bond acceptors (Lipinski definition) is 12. The lowest BCUT2D eigenvalue weighted by Gasteiger charge is -2.72. The van der Waals surface area contributed by atoms with Crippen LogP contribution in [0, 0.1) is 34.5 Å². The summed E-state index contributed by atoms with van der Waals surface area (Å²) in [5, 5.41) is 3.48. The molecule has 4 heterocycles. The predicted octanol–water partition coefficient (Wildman–Crippen LogP) is 13.8. The molecule has 0 spiro atoms. The quantitative estimate of drug-likeness (QED) is 0.0899. The molecular formula is C70H93BrN4O8. The number of benzene rings is 4. The first-order chi connectivity index (χ1) is 39.7. The summed E-state index contributed by atoms with van der Waals surface area (Å²) in [7, 11) is 0. The molecule has 10 fully saturated rings. The molecule has 13 heteroatoms. The first-order valence-corrected chi connectivity index (χ1v) is 32.2. The lowest BCUT2D eigenvalue weighted by Crippen LogP contribution is -2.77. The van der Waals surface area contributed by atoms with E-state index in [0.717, 1.165) is 90.9 Å². The van der Waals surface area contributed by atoms with Gasteiger partial charge in [0.05, 0.1) is 22.0 Å². The van der Waals surface area contributed by atoms with Crippen molar-refractivity contribution in [3.8, 4) is 0 Å². The maximum atomic E-state index is 12.8. The van der Waals surface area contributed by atoms with Crippen LogP contribution >= 0.6 is 15.9 Å². The molecule has 4 bridgehead atoms. The molecule has 6 saturated carbocycles. The van der Waals surface area contributed by atoms with Gasteiger partial charge in [-0.3, -0.25) is 19.4 Å². The number of anilines is 1. The van der Waals surface area contributed by atoms with Gasteiger partial charge in [-0.05, 0) is 267 Å². The lowest BCUT2D eigenvalue weighted by atomic mass is 9.38. The number of ether oxygens (including phenoxy) is 4. The molecule has 0 unspecified atom stereocenters. The highest BCUT2D eigenvalue weighted by Gasteiger charge is 2.75. The van der Waals surface area contributed by atoms with Crippen molar-refractivity contribution in [2.75, 3.05) is 57.3 Å². The van der Waals surface area contributed by atoms with Gasteiger partial charge in [0.1, 0.15) is 24.4 Å². The number of rotatable bonds is 15. The zero-order valence-electron chi connectivity index (χ0n) is 50.6. The molecule has 0 amide bonds. The molecule has 83 heavy (non-hydrogen) atoms. The van der Waals surface area contributed by atoms with Crippen molar-refractivity contribution in [3.63, 3.8) is 0 Å². The zero-order valence-corrected chi connectivity index (χ0v) is 52.2. The molecule has 0 aromatic heterocycles. The van der Waals surface area contributed by atoms with Crippen molar-refractivity contribution < 1.29 is 38.1 Å². The van der Waals surface area contributed by atoms with E-state index in [9.17, 15) is 19.2 Å². The first-order valence-electron chi connectivity index (χ1n) is 31.4. The van der Waals surface area contributed by atoms with E-state index in [1.54, 1.807) is 12.1 Å². The van der Waals surface area contributed by atoms with Crippen molar-refractivity contribution in [1.82, 2.24) is 15.1 Å². The molecule has 0 atom stereocenters. The molecule has 14 rings (SSSR count). The maximum absolute atomic E-state index is 12.8. The predicted molar refractivity (Wildman–Crippen MR) is 330 cm³/mol. The smallest absolute Gasteiger partial charge is 0.338 e. The van der Waals surface area contributed by atoms with Crippen molar-refractivity contribution in [2.24, 2.45) is 34.5 Å². The van der Waals surface area contributed by atoms with Crippen LogP contribution in [0.3, 0.4) is 0 Å². The Morgan fingerprint density at radius 3 is 1.20 bits per heavy atom. The topological polar surface area (TPSA) is 127 Å². The van der Waals surface area contributed by atoms with Gasteiger partial charge in [-0.1, -0.05) is 76.6 Å². The summed E-state index contributed by atoms with van der Waals surface area (Å²) in [6.07, 6.45) is 19.4. The van der Waals surface area contributed by atoms with Crippen LogP contribution in [0.4, 0.5) is 5.69 Å². The molecule has 448 valence electrons. The first kappa shape index (κ1) is 61.0. The summed E-state index contributed by atoms with van der Waals surface area (Å²) < 4.78 is 23.0. The number of esters is 4. The van der Waals surface area contributed by atoms with Crippen molar-refractivity contribution in [3.05, 3.63) is 136 Å². The lowest BCUT2D eigenvalue weighted by molar-refractivity contribution is -0.240. The van der Waals surface area contributed by atoms with Crippen molar-refractivity contribution in [2.45, 2.75) is 180 Å². The van der Waals surface area contributed by atoms with E-state index < -0.39 is 11.2 Å². The second-order valence-corrected chi connectivity index (χ2v) is 29.1. The molecule has 4 aliphatic heterocycles. The average molecular weight is 1200 g/mol. The molecular weight excluding hydrogens is 1100 g/mol. The normalized spacial score (nSPS) is 26.6. The van der Waals surface area contributed by atoms with Gasteiger partial charge in [-0.2, -0.15) is 0 Å².